The monoisotopic (exact) mass is 358 g/mol. The Morgan fingerprint density at radius 1 is 1.15 bits per heavy atom. The van der Waals surface area contributed by atoms with Gasteiger partial charge in [0.05, 0.1) is 18.9 Å². The third-order valence-corrected chi connectivity index (χ3v) is 4.05. The molecule has 26 heavy (non-hydrogen) atoms. The number of hydrogen-bond acceptors (Lipinski definition) is 5. The summed E-state index contributed by atoms with van der Waals surface area (Å²) in [5, 5.41) is 2.87. The van der Waals surface area contributed by atoms with E-state index in [1.165, 1.54) is 0 Å². The quantitative estimate of drug-likeness (QED) is 0.661. The van der Waals surface area contributed by atoms with E-state index in [1.54, 1.807) is 30.5 Å². The van der Waals surface area contributed by atoms with Gasteiger partial charge in [-0.15, -0.1) is 0 Å². The molecule has 0 bridgehead atoms. The van der Waals surface area contributed by atoms with Gasteiger partial charge in [0, 0.05) is 24.9 Å². The average molecular weight is 358 g/mol. The molecule has 2 rings (SSSR count). The number of ketones is 1. The molecule has 1 amide bonds. The van der Waals surface area contributed by atoms with E-state index in [0.717, 1.165) is 11.5 Å². The van der Waals surface area contributed by atoms with Crippen LogP contribution in [-0.2, 0) is 4.79 Å². The van der Waals surface area contributed by atoms with Crippen LogP contribution in [0.3, 0.4) is 0 Å². The Hall–Kier alpha value is -2.60. The maximum absolute atomic E-state index is 12.2. The SMILES string of the molecule is CCOc1ccc(C(=O)CCC(=O)NCC(c2ccco2)N(C)C)cc1. The number of furan rings is 1. The van der Waals surface area contributed by atoms with Crippen molar-refractivity contribution >= 4 is 11.7 Å². The minimum absolute atomic E-state index is 0.0456. The van der Waals surface area contributed by atoms with Crippen molar-refractivity contribution in [2.24, 2.45) is 0 Å². The minimum atomic E-state index is -0.150. The number of rotatable bonds is 10. The molecular weight excluding hydrogens is 332 g/mol. The van der Waals surface area contributed by atoms with Gasteiger partial charge in [-0.2, -0.15) is 0 Å². The molecule has 0 radical (unpaired) electrons. The zero-order valence-electron chi connectivity index (χ0n) is 15.5. The fraction of sp³-hybridized carbons (Fsp3) is 0.400. The van der Waals surface area contributed by atoms with Gasteiger partial charge in [-0.3, -0.25) is 14.5 Å². The lowest BCUT2D eigenvalue weighted by molar-refractivity contribution is -0.121. The predicted octanol–water partition coefficient (Wildman–Crippen LogP) is 3.06. The first-order valence-electron chi connectivity index (χ1n) is 8.73. The molecule has 1 N–H and O–H groups in total. The van der Waals surface area contributed by atoms with Crippen molar-refractivity contribution in [3.05, 3.63) is 54.0 Å². The predicted molar refractivity (Wildman–Crippen MR) is 99.3 cm³/mol. The third-order valence-electron chi connectivity index (χ3n) is 4.05. The highest BCUT2D eigenvalue weighted by molar-refractivity contribution is 5.98. The van der Waals surface area contributed by atoms with Crippen molar-refractivity contribution < 1.29 is 18.7 Å². The molecule has 6 nitrogen and oxygen atoms in total. The fourth-order valence-corrected chi connectivity index (χ4v) is 2.59. The van der Waals surface area contributed by atoms with E-state index in [-0.39, 0.29) is 30.6 Å². The van der Waals surface area contributed by atoms with Crippen LogP contribution >= 0.6 is 0 Å². The second kappa shape index (κ2) is 9.77. The summed E-state index contributed by atoms with van der Waals surface area (Å²) >= 11 is 0. The van der Waals surface area contributed by atoms with Crippen LogP contribution < -0.4 is 10.1 Å². The van der Waals surface area contributed by atoms with Crippen LogP contribution in [0.4, 0.5) is 0 Å². The first-order valence-corrected chi connectivity index (χ1v) is 8.73. The van der Waals surface area contributed by atoms with E-state index >= 15 is 0 Å². The van der Waals surface area contributed by atoms with Crippen LogP contribution in [0.1, 0.15) is 41.9 Å². The molecule has 0 saturated carbocycles. The summed E-state index contributed by atoms with van der Waals surface area (Å²) < 4.78 is 10.8. The van der Waals surface area contributed by atoms with E-state index < -0.39 is 0 Å². The molecule has 2 aromatic rings. The number of amides is 1. The smallest absolute Gasteiger partial charge is 0.220 e. The van der Waals surface area contributed by atoms with Gasteiger partial charge in [-0.25, -0.2) is 0 Å². The van der Waals surface area contributed by atoms with E-state index in [0.29, 0.717) is 18.7 Å². The maximum atomic E-state index is 12.2. The number of nitrogens with one attached hydrogen (secondary N) is 1. The summed E-state index contributed by atoms with van der Waals surface area (Å²) in [6, 6.07) is 10.6. The summed E-state index contributed by atoms with van der Waals surface area (Å²) in [6.45, 7) is 2.92. The average Bonchev–Trinajstić information content (AvgIpc) is 3.15. The summed E-state index contributed by atoms with van der Waals surface area (Å²) in [7, 11) is 3.85. The molecular formula is C20H26N2O4. The lowest BCUT2D eigenvalue weighted by Gasteiger charge is -2.22. The molecule has 140 valence electrons. The summed E-state index contributed by atoms with van der Waals surface area (Å²) in [5.74, 6) is 1.32. The Bertz CT molecular complexity index is 693. The highest BCUT2D eigenvalue weighted by Crippen LogP contribution is 2.18. The molecule has 1 aromatic carbocycles. The first-order chi connectivity index (χ1) is 12.5. The number of benzene rings is 1. The largest absolute Gasteiger partial charge is 0.494 e. The highest BCUT2D eigenvalue weighted by atomic mass is 16.5. The standard InChI is InChI=1S/C20H26N2O4/c1-4-25-16-9-7-15(8-10-16)18(23)11-12-20(24)21-14-17(22(2)3)19-6-5-13-26-19/h5-10,13,17H,4,11-12,14H2,1-3H3,(H,21,24). The molecule has 0 aliphatic carbocycles. The molecule has 1 atom stereocenters. The molecule has 1 aromatic heterocycles. The second-order valence-electron chi connectivity index (χ2n) is 6.18. The molecule has 6 heteroatoms. The lowest BCUT2D eigenvalue weighted by atomic mass is 10.1. The van der Waals surface area contributed by atoms with Crippen LogP contribution in [0.15, 0.2) is 47.1 Å². The topological polar surface area (TPSA) is 71.8 Å². The number of carbonyl (C=O) groups excluding carboxylic acids is 2. The van der Waals surface area contributed by atoms with Crippen molar-refractivity contribution in [3.8, 4) is 5.75 Å². The molecule has 1 unspecified atom stereocenters. The summed E-state index contributed by atoms with van der Waals surface area (Å²) in [4.78, 5) is 26.3. The first kappa shape index (κ1) is 19.7. The molecule has 0 aliphatic rings. The number of carbonyl (C=O) groups is 2. The van der Waals surface area contributed by atoms with Gasteiger partial charge < -0.3 is 14.5 Å². The second-order valence-corrected chi connectivity index (χ2v) is 6.18. The van der Waals surface area contributed by atoms with Crippen LogP contribution in [0, 0.1) is 0 Å². The van der Waals surface area contributed by atoms with Gasteiger partial charge in [0.15, 0.2) is 5.78 Å². The lowest BCUT2D eigenvalue weighted by Crippen LogP contribution is -2.34. The van der Waals surface area contributed by atoms with E-state index in [4.69, 9.17) is 9.15 Å². The van der Waals surface area contributed by atoms with Gasteiger partial charge in [0.1, 0.15) is 11.5 Å². The van der Waals surface area contributed by atoms with Crippen molar-refractivity contribution in [1.29, 1.82) is 0 Å². The van der Waals surface area contributed by atoms with E-state index in [9.17, 15) is 9.59 Å². The third kappa shape index (κ3) is 5.74. The van der Waals surface area contributed by atoms with Crippen LogP contribution in [0.2, 0.25) is 0 Å². The van der Waals surface area contributed by atoms with Crippen molar-refractivity contribution in [1.82, 2.24) is 10.2 Å². The Morgan fingerprint density at radius 2 is 1.88 bits per heavy atom. The molecule has 0 spiro atoms. The van der Waals surface area contributed by atoms with E-state index in [2.05, 4.69) is 5.32 Å². The van der Waals surface area contributed by atoms with Crippen molar-refractivity contribution in [2.45, 2.75) is 25.8 Å². The van der Waals surface area contributed by atoms with Crippen LogP contribution in [-0.4, -0.2) is 43.8 Å². The normalized spacial score (nSPS) is 12.0. The number of Topliss-reactive ketones (excluding diaryl/α,β-unsaturated/α-hetero) is 1. The summed E-state index contributed by atoms with van der Waals surface area (Å²) in [5.41, 5.74) is 0.586. The molecule has 0 aliphatic heterocycles. The summed E-state index contributed by atoms with van der Waals surface area (Å²) in [6.07, 6.45) is 1.95. The van der Waals surface area contributed by atoms with Crippen LogP contribution in [0.5, 0.6) is 5.75 Å². The molecule has 1 heterocycles. The van der Waals surface area contributed by atoms with Gasteiger partial charge >= 0.3 is 0 Å². The Kier molecular flexibility index (Phi) is 7.41. The number of nitrogens with zero attached hydrogens (tertiary/aromatic N) is 1. The van der Waals surface area contributed by atoms with Crippen LogP contribution in [0.25, 0.3) is 0 Å². The van der Waals surface area contributed by atoms with Crippen molar-refractivity contribution in [3.63, 3.8) is 0 Å². The van der Waals surface area contributed by atoms with Gasteiger partial charge in [-0.05, 0) is 57.4 Å². The Labute approximate surface area is 154 Å². The Morgan fingerprint density at radius 3 is 2.46 bits per heavy atom. The van der Waals surface area contributed by atoms with Crippen molar-refractivity contribution in [2.75, 3.05) is 27.2 Å². The van der Waals surface area contributed by atoms with Gasteiger partial charge in [-0.1, -0.05) is 0 Å². The maximum Gasteiger partial charge on any atom is 0.220 e. The zero-order valence-corrected chi connectivity index (χ0v) is 15.5. The molecule has 0 saturated heterocycles. The number of likely N-dealkylation sites (N-methyl/N-ethyl adjacent to an activating group) is 1. The number of hydrogen-bond donors (Lipinski definition) is 1. The number of ether oxygens (including phenoxy) is 1. The Balaban J connectivity index is 1.79. The molecule has 0 fully saturated rings. The zero-order chi connectivity index (χ0) is 18.9. The highest BCUT2D eigenvalue weighted by Gasteiger charge is 2.18. The fourth-order valence-electron chi connectivity index (χ4n) is 2.59. The van der Waals surface area contributed by atoms with Gasteiger partial charge in [0.2, 0.25) is 5.91 Å². The van der Waals surface area contributed by atoms with E-state index in [1.807, 2.05) is 38.1 Å². The minimum Gasteiger partial charge on any atom is -0.494 e. The van der Waals surface area contributed by atoms with Gasteiger partial charge in [0.25, 0.3) is 0 Å².